The van der Waals surface area contributed by atoms with Crippen LogP contribution in [0.4, 0.5) is 10.6 Å². The second-order valence-corrected chi connectivity index (χ2v) is 9.40. The molecule has 9 nitrogen and oxygen atoms in total. The van der Waals surface area contributed by atoms with Gasteiger partial charge in [0.1, 0.15) is 5.82 Å². The Morgan fingerprint density at radius 3 is 2.53 bits per heavy atom. The Kier molecular flexibility index (Phi) is 5.09. The number of carbonyl (C=O) groups is 1. The van der Waals surface area contributed by atoms with E-state index in [2.05, 4.69) is 21.8 Å². The summed E-state index contributed by atoms with van der Waals surface area (Å²) in [7, 11) is 0. The van der Waals surface area contributed by atoms with Crippen molar-refractivity contribution < 1.29 is 9.53 Å². The summed E-state index contributed by atoms with van der Waals surface area (Å²) in [6.45, 7) is 0.209. The Bertz CT molecular complexity index is 1350. The molecule has 9 heteroatoms. The van der Waals surface area contributed by atoms with E-state index in [4.69, 9.17) is 4.74 Å². The molecule has 3 aliphatic carbocycles. The fourth-order valence-corrected chi connectivity index (χ4v) is 4.51. The highest BCUT2D eigenvalue weighted by molar-refractivity contribution is 6.06. The minimum Gasteiger partial charge on any atom is -0.409 e. The number of pyridine rings is 1. The Morgan fingerprint density at radius 2 is 1.88 bits per heavy atom. The number of fused-ring (bicyclic) bond motifs is 1. The topological polar surface area (TPSA) is 98.8 Å². The maximum Gasteiger partial charge on any atom is 0.416 e. The van der Waals surface area contributed by atoms with Gasteiger partial charge in [0.15, 0.2) is 5.75 Å². The summed E-state index contributed by atoms with van der Waals surface area (Å²) in [6, 6.07) is 3.65. The van der Waals surface area contributed by atoms with Crippen LogP contribution in [0.1, 0.15) is 62.6 Å². The lowest BCUT2D eigenvalue weighted by atomic mass is 9.92. The van der Waals surface area contributed by atoms with Crippen LogP contribution in [0.3, 0.4) is 0 Å². The van der Waals surface area contributed by atoms with Gasteiger partial charge in [-0.3, -0.25) is 23.8 Å². The summed E-state index contributed by atoms with van der Waals surface area (Å²) < 4.78 is 8.60. The zero-order chi connectivity index (χ0) is 23.2. The first kappa shape index (κ1) is 20.9. The van der Waals surface area contributed by atoms with E-state index in [-0.39, 0.29) is 35.9 Å². The van der Waals surface area contributed by atoms with E-state index < -0.39 is 6.09 Å². The van der Waals surface area contributed by atoms with Crippen molar-refractivity contribution >= 4 is 17.6 Å². The predicted octanol–water partition coefficient (Wildman–Crippen LogP) is 2.76. The number of hydrogen-bond acceptors (Lipinski definition) is 6. The Balaban J connectivity index is 1.23. The van der Waals surface area contributed by atoms with Crippen LogP contribution in [0, 0.1) is 11.8 Å². The predicted molar refractivity (Wildman–Crippen MR) is 125 cm³/mol. The SMILES string of the molecule is O=C(Oc1cccnc1)N(CC#CC1=Nc2c(c(=O)n(C3CC3)c(=O)n2C2CC2)C1)C1CCC1. The molecular formula is C25H25N5O4. The molecule has 4 aliphatic rings. The molecule has 1 amide bonds. The molecular weight excluding hydrogens is 434 g/mol. The highest BCUT2D eigenvalue weighted by atomic mass is 16.6. The maximum absolute atomic E-state index is 13.0. The molecule has 2 aromatic rings. The van der Waals surface area contributed by atoms with Crippen LogP contribution >= 0.6 is 0 Å². The monoisotopic (exact) mass is 459 g/mol. The molecule has 0 bridgehead atoms. The summed E-state index contributed by atoms with van der Waals surface area (Å²) in [6.07, 6.45) is 9.52. The van der Waals surface area contributed by atoms with Gasteiger partial charge in [0.05, 0.1) is 24.0 Å². The van der Waals surface area contributed by atoms with E-state index in [1.807, 2.05) is 0 Å². The molecule has 0 unspecified atom stereocenters. The summed E-state index contributed by atoms with van der Waals surface area (Å²) in [4.78, 5) is 49.0. The van der Waals surface area contributed by atoms with Crippen LogP contribution in [-0.4, -0.2) is 43.4 Å². The van der Waals surface area contributed by atoms with E-state index in [0.717, 1.165) is 44.9 Å². The fraction of sp³-hybridized carbons (Fsp3) is 0.480. The van der Waals surface area contributed by atoms with Gasteiger partial charge < -0.3 is 4.74 Å². The highest BCUT2D eigenvalue weighted by Gasteiger charge is 2.37. The second-order valence-electron chi connectivity index (χ2n) is 9.40. The van der Waals surface area contributed by atoms with Gasteiger partial charge in [-0.25, -0.2) is 14.6 Å². The van der Waals surface area contributed by atoms with Crippen molar-refractivity contribution in [2.75, 3.05) is 6.54 Å². The number of carbonyl (C=O) groups excluding carboxylic acids is 1. The van der Waals surface area contributed by atoms with Crippen LogP contribution < -0.4 is 16.0 Å². The van der Waals surface area contributed by atoms with Crippen LogP contribution in [0.25, 0.3) is 0 Å². The third kappa shape index (κ3) is 3.83. The molecule has 3 heterocycles. The standard InChI is InChI=1S/C25H25N5O4/c31-23-21-14-16(27-22(21)29(18-8-9-18)24(32)30(23)19-10-11-19)4-3-13-28(17-5-1-6-17)25(33)34-20-7-2-12-26-15-20/h2,7,12,15,17-19H,1,5-6,8-11,13-14H2. The first-order valence-corrected chi connectivity index (χ1v) is 11.9. The molecule has 34 heavy (non-hydrogen) atoms. The zero-order valence-corrected chi connectivity index (χ0v) is 18.8. The van der Waals surface area contributed by atoms with Crippen LogP contribution in [0.15, 0.2) is 39.1 Å². The Hall–Kier alpha value is -3.67. The van der Waals surface area contributed by atoms with Crippen LogP contribution in [0.5, 0.6) is 5.75 Å². The highest BCUT2D eigenvalue weighted by Crippen LogP contribution is 2.40. The number of nitrogens with zero attached hydrogens (tertiary/aromatic N) is 5. The van der Waals surface area contributed by atoms with Gasteiger partial charge in [0.2, 0.25) is 0 Å². The molecule has 0 atom stereocenters. The van der Waals surface area contributed by atoms with Gasteiger partial charge in [0.25, 0.3) is 5.56 Å². The molecule has 3 fully saturated rings. The molecule has 1 aliphatic heterocycles. The summed E-state index contributed by atoms with van der Waals surface area (Å²) >= 11 is 0. The minimum atomic E-state index is -0.446. The third-order valence-electron chi connectivity index (χ3n) is 6.87. The lowest BCUT2D eigenvalue weighted by Gasteiger charge is -2.35. The quantitative estimate of drug-likeness (QED) is 0.641. The van der Waals surface area contributed by atoms with Gasteiger partial charge in [-0.2, -0.15) is 0 Å². The molecule has 0 N–H and O–H groups in total. The minimum absolute atomic E-state index is 0.0206. The second kappa shape index (κ2) is 8.28. The number of rotatable bonds is 5. The van der Waals surface area contributed by atoms with Crippen LogP contribution in [-0.2, 0) is 6.42 Å². The van der Waals surface area contributed by atoms with Gasteiger partial charge >= 0.3 is 11.8 Å². The van der Waals surface area contributed by atoms with E-state index >= 15 is 0 Å². The summed E-state index contributed by atoms with van der Waals surface area (Å²) in [5, 5.41) is 0. The molecule has 174 valence electrons. The molecule has 3 saturated carbocycles. The van der Waals surface area contributed by atoms with Gasteiger partial charge in [-0.1, -0.05) is 5.92 Å². The number of hydrogen-bond donors (Lipinski definition) is 0. The lowest BCUT2D eigenvalue weighted by molar-refractivity contribution is 0.112. The van der Waals surface area contributed by atoms with Crippen LogP contribution in [0.2, 0.25) is 0 Å². The van der Waals surface area contributed by atoms with E-state index in [1.54, 1.807) is 27.8 Å². The van der Waals surface area contributed by atoms with Crippen molar-refractivity contribution in [3.05, 3.63) is 50.9 Å². The number of ether oxygens (including phenoxy) is 1. The van der Waals surface area contributed by atoms with Crippen molar-refractivity contribution in [1.29, 1.82) is 0 Å². The van der Waals surface area contributed by atoms with Gasteiger partial charge in [0, 0.05) is 30.7 Å². The fourth-order valence-electron chi connectivity index (χ4n) is 4.51. The molecule has 0 saturated heterocycles. The first-order valence-electron chi connectivity index (χ1n) is 11.9. The molecule has 6 rings (SSSR count). The third-order valence-corrected chi connectivity index (χ3v) is 6.87. The largest absolute Gasteiger partial charge is 0.416 e. The summed E-state index contributed by atoms with van der Waals surface area (Å²) in [5.41, 5.74) is 0.662. The smallest absolute Gasteiger partial charge is 0.409 e. The average molecular weight is 460 g/mol. The maximum atomic E-state index is 13.0. The lowest BCUT2D eigenvalue weighted by Crippen LogP contribution is -2.45. The number of amides is 1. The molecule has 2 aromatic heterocycles. The Labute approximate surface area is 196 Å². The molecule has 0 spiro atoms. The van der Waals surface area contributed by atoms with E-state index in [1.165, 1.54) is 10.8 Å². The van der Waals surface area contributed by atoms with E-state index in [0.29, 0.717) is 29.3 Å². The van der Waals surface area contributed by atoms with Crippen molar-refractivity contribution in [2.45, 2.75) is 69.5 Å². The van der Waals surface area contributed by atoms with Crippen molar-refractivity contribution in [3.63, 3.8) is 0 Å². The average Bonchev–Trinajstić information content (AvgIpc) is 3.72. The normalized spacial score (nSPS) is 18.9. The van der Waals surface area contributed by atoms with Gasteiger partial charge in [-0.05, 0) is 63.0 Å². The van der Waals surface area contributed by atoms with E-state index in [9.17, 15) is 14.4 Å². The van der Waals surface area contributed by atoms with Crippen molar-refractivity contribution in [3.8, 4) is 17.6 Å². The van der Waals surface area contributed by atoms with Crippen molar-refractivity contribution in [2.24, 2.45) is 4.99 Å². The number of aliphatic imine (C=N–C) groups is 1. The number of aromatic nitrogens is 3. The molecule has 0 aromatic carbocycles. The van der Waals surface area contributed by atoms with Crippen molar-refractivity contribution in [1.82, 2.24) is 19.0 Å². The first-order chi connectivity index (χ1) is 16.6. The van der Waals surface area contributed by atoms with Gasteiger partial charge in [-0.15, -0.1) is 0 Å². The summed E-state index contributed by atoms with van der Waals surface area (Å²) in [5.74, 6) is 6.98. The Morgan fingerprint density at radius 1 is 1.12 bits per heavy atom. The molecule has 0 radical (unpaired) electrons. The zero-order valence-electron chi connectivity index (χ0n) is 18.8.